The van der Waals surface area contributed by atoms with Crippen molar-refractivity contribution in [1.29, 1.82) is 0 Å². The van der Waals surface area contributed by atoms with Gasteiger partial charge in [0, 0.05) is 25.0 Å². The molecule has 0 radical (unpaired) electrons. The van der Waals surface area contributed by atoms with Crippen molar-refractivity contribution in [2.75, 3.05) is 18.3 Å². The minimum atomic E-state index is -3.30. The number of amides is 1. The van der Waals surface area contributed by atoms with Crippen molar-refractivity contribution in [2.45, 2.75) is 32.7 Å². The monoisotopic (exact) mass is 282 g/mol. The van der Waals surface area contributed by atoms with Crippen molar-refractivity contribution in [3.63, 3.8) is 0 Å². The second-order valence-corrected chi connectivity index (χ2v) is 7.11. The molecule has 0 bridgehead atoms. The van der Waals surface area contributed by atoms with Crippen molar-refractivity contribution in [3.8, 4) is 0 Å². The van der Waals surface area contributed by atoms with Crippen LogP contribution in [0.2, 0.25) is 0 Å². The molecule has 0 aliphatic carbocycles. The highest BCUT2D eigenvalue weighted by atomic mass is 35.5. The van der Waals surface area contributed by atoms with E-state index in [0.717, 1.165) is 0 Å². The lowest BCUT2D eigenvalue weighted by Gasteiger charge is -2.31. The van der Waals surface area contributed by atoms with Crippen LogP contribution in [0.25, 0.3) is 0 Å². The second kappa shape index (κ2) is 6.02. The maximum atomic E-state index is 11.5. The van der Waals surface area contributed by atoms with Gasteiger partial charge in [0.25, 0.3) is 0 Å². The number of piperidine rings is 1. The first-order chi connectivity index (χ1) is 7.86. The fraction of sp³-hybridized carbons (Fsp3) is 0.900. The lowest BCUT2D eigenvalue weighted by atomic mass is 10.1. The Morgan fingerprint density at radius 1 is 1.41 bits per heavy atom. The van der Waals surface area contributed by atoms with Gasteiger partial charge in [-0.1, -0.05) is 13.8 Å². The lowest BCUT2D eigenvalue weighted by Crippen LogP contribution is -2.47. The molecule has 1 amide bonds. The molecule has 1 heterocycles. The zero-order valence-corrected chi connectivity index (χ0v) is 11.7. The Morgan fingerprint density at radius 2 is 1.94 bits per heavy atom. The Hall–Kier alpha value is -0.330. The van der Waals surface area contributed by atoms with E-state index in [0.29, 0.717) is 25.9 Å². The molecule has 1 rings (SSSR count). The molecule has 0 aromatic rings. The zero-order valence-electron chi connectivity index (χ0n) is 10.1. The van der Waals surface area contributed by atoms with Crippen LogP contribution in [0.4, 0.5) is 0 Å². The van der Waals surface area contributed by atoms with Crippen LogP contribution in [-0.4, -0.2) is 43.0 Å². The molecule has 1 aliphatic rings. The van der Waals surface area contributed by atoms with Crippen LogP contribution in [0.15, 0.2) is 0 Å². The summed E-state index contributed by atoms with van der Waals surface area (Å²) in [6, 6.07) is 0.0756. The molecule has 7 heteroatoms. The molecule has 0 aromatic carbocycles. The standard InChI is InChI=1S/C10H19ClN2O3S/c1-8(2)10(14)12-9-3-5-13(6-4-9)17(15,16)7-11/h8-9H,3-7H2,1-2H3,(H,12,14). The van der Waals surface area contributed by atoms with Crippen molar-refractivity contribution in [2.24, 2.45) is 5.92 Å². The van der Waals surface area contributed by atoms with Crippen LogP contribution in [0.3, 0.4) is 0 Å². The quantitative estimate of drug-likeness (QED) is 0.774. The predicted octanol–water partition coefficient (Wildman–Crippen LogP) is 0.749. The van der Waals surface area contributed by atoms with Crippen LogP contribution >= 0.6 is 11.6 Å². The Labute approximate surface area is 108 Å². The summed E-state index contributed by atoms with van der Waals surface area (Å²) in [6.07, 6.45) is 1.29. The Balaban J connectivity index is 2.44. The van der Waals surface area contributed by atoms with E-state index in [1.165, 1.54) is 4.31 Å². The van der Waals surface area contributed by atoms with Crippen LogP contribution in [-0.2, 0) is 14.8 Å². The first-order valence-corrected chi connectivity index (χ1v) is 7.85. The van der Waals surface area contributed by atoms with Gasteiger partial charge < -0.3 is 5.32 Å². The molecule has 1 fully saturated rings. The number of nitrogens with one attached hydrogen (secondary N) is 1. The molecule has 0 atom stereocenters. The van der Waals surface area contributed by atoms with E-state index in [1.807, 2.05) is 13.8 Å². The smallest absolute Gasteiger partial charge is 0.228 e. The lowest BCUT2D eigenvalue weighted by molar-refractivity contribution is -0.124. The number of hydrogen-bond acceptors (Lipinski definition) is 3. The molecule has 1 saturated heterocycles. The molecule has 0 unspecified atom stereocenters. The molecular formula is C10H19ClN2O3S. The Morgan fingerprint density at radius 3 is 2.35 bits per heavy atom. The van der Waals surface area contributed by atoms with E-state index >= 15 is 0 Å². The predicted molar refractivity (Wildman–Crippen MR) is 67.2 cm³/mol. The average molecular weight is 283 g/mol. The van der Waals surface area contributed by atoms with Gasteiger partial charge in [-0.2, -0.15) is 0 Å². The van der Waals surface area contributed by atoms with E-state index in [9.17, 15) is 13.2 Å². The first kappa shape index (κ1) is 14.7. The minimum Gasteiger partial charge on any atom is -0.353 e. The molecule has 1 aliphatic heterocycles. The average Bonchev–Trinajstić information content (AvgIpc) is 2.29. The largest absolute Gasteiger partial charge is 0.353 e. The van der Waals surface area contributed by atoms with Gasteiger partial charge in [0.05, 0.1) is 0 Å². The van der Waals surface area contributed by atoms with Gasteiger partial charge in [0.15, 0.2) is 0 Å². The molecule has 0 spiro atoms. The maximum Gasteiger partial charge on any atom is 0.228 e. The highest BCUT2D eigenvalue weighted by Gasteiger charge is 2.28. The molecule has 1 N–H and O–H groups in total. The van der Waals surface area contributed by atoms with Gasteiger partial charge in [0.2, 0.25) is 15.9 Å². The van der Waals surface area contributed by atoms with Crippen LogP contribution in [0.5, 0.6) is 0 Å². The third-order valence-corrected chi connectivity index (χ3v) is 5.11. The van der Waals surface area contributed by atoms with Crippen molar-refractivity contribution in [1.82, 2.24) is 9.62 Å². The zero-order chi connectivity index (χ0) is 13.1. The molecular weight excluding hydrogens is 264 g/mol. The summed E-state index contributed by atoms with van der Waals surface area (Å²) in [5.41, 5.74) is 0. The van der Waals surface area contributed by atoms with Crippen molar-refractivity contribution in [3.05, 3.63) is 0 Å². The number of sulfonamides is 1. The highest BCUT2D eigenvalue weighted by Crippen LogP contribution is 2.15. The van der Waals surface area contributed by atoms with E-state index < -0.39 is 10.0 Å². The molecule has 0 saturated carbocycles. The first-order valence-electron chi connectivity index (χ1n) is 5.71. The number of carbonyl (C=O) groups is 1. The summed E-state index contributed by atoms with van der Waals surface area (Å²) in [7, 11) is -3.30. The third-order valence-electron chi connectivity index (χ3n) is 2.86. The van der Waals surface area contributed by atoms with E-state index in [-0.39, 0.29) is 23.1 Å². The number of halogens is 1. The summed E-state index contributed by atoms with van der Waals surface area (Å²) in [4.78, 5) is 11.5. The van der Waals surface area contributed by atoms with Crippen LogP contribution in [0.1, 0.15) is 26.7 Å². The number of hydrogen-bond donors (Lipinski definition) is 1. The molecule has 100 valence electrons. The SMILES string of the molecule is CC(C)C(=O)NC1CCN(S(=O)(=O)CCl)CC1. The van der Waals surface area contributed by atoms with E-state index in [4.69, 9.17) is 11.6 Å². The van der Waals surface area contributed by atoms with Gasteiger partial charge >= 0.3 is 0 Å². The van der Waals surface area contributed by atoms with Gasteiger partial charge in [-0.05, 0) is 12.8 Å². The number of rotatable bonds is 4. The van der Waals surface area contributed by atoms with Crippen molar-refractivity contribution < 1.29 is 13.2 Å². The maximum absolute atomic E-state index is 11.5. The fourth-order valence-electron chi connectivity index (χ4n) is 1.72. The fourth-order valence-corrected chi connectivity index (χ4v) is 3.03. The second-order valence-electron chi connectivity index (χ2n) is 4.56. The summed E-state index contributed by atoms with van der Waals surface area (Å²) in [5, 5.41) is 2.54. The normalized spacial score (nSPS) is 19.5. The number of nitrogens with zero attached hydrogens (tertiary/aromatic N) is 1. The van der Waals surface area contributed by atoms with E-state index in [1.54, 1.807) is 0 Å². The summed E-state index contributed by atoms with van der Waals surface area (Å²) < 4.78 is 24.4. The molecule has 0 aromatic heterocycles. The van der Waals surface area contributed by atoms with Crippen LogP contribution in [0, 0.1) is 5.92 Å². The van der Waals surface area contributed by atoms with Crippen LogP contribution < -0.4 is 5.32 Å². The Kier molecular flexibility index (Phi) is 5.22. The molecule has 5 nitrogen and oxygen atoms in total. The van der Waals surface area contributed by atoms with Gasteiger partial charge in [-0.15, -0.1) is 11.6 Å². The summed E-state index contributed by atoms with van der Waals surface area (Å²) in [5.74, 6) is -0.0248. The van der Waals surface area contributed by atoms with Gasteiger partial charge in [0.1, 0.15) is 5.21 Å². The van der Waals surface area contributed by atoms with E-state index in [2.05, 4.69) is 5.32 Å². The molecule has 17 heavy (non-hydrogen) atoms. The number of carbonyl (C=O) groups excluding carboxylic acids is 1. The summed E-state index contributed by atoms with van der Waals surface area (Å²) >= 11 is 5.39. The Bertz CT molecular complexity index is 362. The highest BCUT2D eigenvalue weighted by molar-refractivity contribution is 7.90. The summed E-state index contributed by atoms with van der Waals surface area (Å²) in [6.45, 7) is 4.53. The number of alkyl halides is 1. The third kappa shape index (κ3) is 4.12. The van der Waals surface area contributed by atoms with Gasteiger partial charge in [-0.25, -0.2) is 12.7 Å². The minimum absolute atomic E-state index is 0.0173. The van der Waals surface area contributed by atoms with Gasteiger partial charge in [-0.3, -0.25) is 4.79 Å². The topological polar surface area (TPSA) is 66.5 Å². The van der Waals surface area contributed by atoms with Crippen molar-refractivity contribution >= 4 is 27.5 Å².